The van der Waals surface area contributed by atoms with Crippen molar-refractivity contribution in [2.75, 3.05) is 20.4 Å². The van der Waals surface area contributed by atoms with Gasteiger partial charge in [-0.25, -0.2) is 4.39 Å². The maximum atomic E-state index is 12.3. The van der Waals surface area contributed by atoms with Crippen molar-refractivity contribution in [3.05, 3.63) is 23.3 Å². The molecule has 17 heavy (non-hydrogen) atoms. The van der Waals surface area contributed by atoms with Crippen molar-refractivity contribution in [2.45, 2.75) is 40.5 Å². The Morgan fingerprint density at radius 2 is 1.88 bits per heavy atom. The largest absolute Gasteiger partial charge is 0.384 e. The van der Waals surface area contributed by atoms with Gasteiger partial charge in [0.15, 0.2) is 0 Å². The van der Waals surface area contributed by atoms with Gasteiger partial charge in [-0.15, -0.1) is 0 Å². The van der Waals surface area contributed by atoms with Crippen LogP contribution >= 0.6 is 0 Å². The van der Waals surface area contributed by atoms with E-state index in [-0.39, 0.29) is 6.67 Å². The molecule has 0 saturated heterocycles. The van der Waals surface area contributed by atoms with E-state index in [1.165, 1.54) is 5.57 Å². The molecular weight excluding hydrogens is 215 g/mol. The molecule has 0 aliphatic rings. The average Bonchev–Trinajstić information content (AvgIpc) is 2.28. The number of rotatable bonds is 8. The molecule has 2 heteroatoms. The fraction of sp³-hybridized carbons (Fsp3) is 0.733. The molecule has 1 atom stereocenters. The molecule has 0 N–H and O–H groups in total. The fourth-order valence-corrected chi connectivity index (χ4v) is 1.64. The van der Waals surface area contributed by atoms with Crippen LogP contribution in [-0.4, -0.2) is 20.4 Å². The molecule has 0 aromatic carbocycles. The summed E-state index contributed by atoms with van der Waals surface area (Å²) in [6, 6.07) is 0. The van der Waals surface area contributed by atoms with E-state index in [4.69, 9.17) is 4.74 Å². The lowest BCUT2D eigenvalue weighted by molar-refractivity contribution is 0.155. The Bertz CT molecular complexity index is 254. The molecule has 0 fully saturated rings. The van der Waals surface area contributed by atoms with Gasteiger partial charge >= 0.3 is 0 Å². The number of halogens is 1. The second-order valence-corrected chi connectivity index (χ2v) is 5.14. The van der Waals surface area contributed by atoms with Gasteiger partial charge in [-0.2, -0.15) is 0 Å². The zero-order chi connectivity index (χ0) is 13.3. The Kier molecular flexibility index (Phi) is 9.06. The Morgan fingerprint density at radius 1 is 1.24 bits per heavy atom. The Hall–Kier alpha value is -0.630. The number of alkyl halides is 1. The lowest BCUT2D eigenvalue weighted by Gasteiger charge is -2.14. The van der Waals surface area contributed by atoms with Crippen molar-refractivity contribution in [3.8, 4) is 0 Å². The summed E-state index contributed by atoms with van der Waals surface area (Å²) >= 11 is 0. The fourth-order valence-electron chi connectivity index (χ4n) is 1.64. The standard InChI is InChI=1S/C15H27FO/c1-12(2)15(8-6-13(3)10-16)9-7-14(4)11-17-5/h6,8,12,14H,7,9-11H2,1-5H3. The summed E-state index contributed by atoms with van der Waals surface area (Å²) in [5.74, 6) is 1.10. The monoisotopic (exact) mass is 242 g/mol. The number of hydrogen-bond donors (Lipinski definition) is 0. The highest BCUT2D eigenvalue weighted by molar-refractivity contribution is 5.18. The van der Waals surface area contributed by atoms with Gasteiger partial charge in [0.2, 0.25) is 0 Å². The molecule has 0 aromatic heterocycles. The molecule has 0 aliphatic heterocycles. The minimum atomic E-state index is -0.359. The molecule has 1 unspecified atom stereocenters. The summed E-state index contributed by atoms with van der Waals surface area (Å²) in [6.07, 6.45) is 6.17. The van der Waals surface area contributed by atoms with Crippen LogP contribution in [0.1, 0.15) is 40.5 Å². The second kappa shape index (κ2) is 9.41. The van der Waals surface area contributed by atoms with Gasteiger partial charge in [-0.05, 0) is 37.2 Å². The van der Waals surface area contributed by atoms with Crippen LogP contribution in [0.5, 0.6) is 0 Å². The first kappa shape index (κ1) is 16.4. The van der Waals surface area contributed by atoms with Crippen LogP contribution in [0, 0.1) is 11.8 Å². The van der Waals surface area contributed by atoms with E-state index in [1.54, 1.807) is 7.11 Å². The Labute approximate surface area is 106 Å². The third-order valence-electron chi connectivity index (χ3n) is 2.91. The van der Waals surface area contributed by atoms with Crippen LogP contribution in [0.15, 0.2) is 23.3 Å². The van der Waals surface area contributed by atoms with Crippen molar-refractivity contribution < 1.29 is 9.13 Å². The van der Waals surface area contributed by atoms with Crippen LogP contribution in [-0.2, 0) is 4.74 Å². The molecule has 0 aromatic rings. The van der Waals surface area contributed by atoms with Crippen molar-refractivity contribution >= 4 is 0 Å². The highest BCUT2D eigenvalue weighted by Gasteiger charge is 2.06. The number of methoxy groups -OCH3 is 1. The molecule has 0 amide bonds. The first-order valence-corrected chi connectivity index (χ1v) is 6.42. The van der Waals surface area contributed by atoms with Crippen LogP contribution in [0.2, 0.25) is 0 Å². The van der Waals surface area contributed by atoms with Crippen LogP contribution in [0.3, 0.4) is 0 Å². The molecule has 0 radical (unpaired) electrons. The molecule has 100 valence electrons. The summed E-state index contributed by atoms with van der Waals surface area (Å²) in [5.41, 5.74) is 2.17. The number of allylic oxidation sites excluding steroid dienone is 4. The average molecular weight is 242 g/mol. The van der Waals surface area contributed by atoms with Gasteiger partial charge in [-0.3, -0.25) is 0 Å². The summed E-state index contributed by atoms with van der Waals surface area (Å²) in [5, 5.41) is 0. The summed E-state index contributed by atoms with van der Waals surface area (Å²) < 4.78 is 17.5. The van der Waals surface area contributed by atoms with Crippen molar-refractivity contribution in [2.24, 2.45) is 11.8 Å². The van der Waals surface area contributed by atoms with Crippen molar-refractivity contribution in [1.29, 1.82) is 0 Å². The summed E-state index contributed by atoms with van der Waals surface area (Å²) in [4.78, 5) is 0. The third-order valence-corrected chi connectivity index (χ3v) is 2.91. The van der Waals surface area contributed by atoms with E-state index in [1.807, 2.05) is 13.0 Å². The normalized spacial score (nSPS) is 15.5. The Morgan fingerprint density at radius 3 is 2.35 bits per heavy atom. The smallest absolute Gasteiger partial charge is 0.111 e. The molecule has 0 aliphatic carbocycles. The lowest BCUT2D eigenvalue weighted by atomic mass is 9.94. The number of hydrogen-bond acceptors (Lipinski definition) is 1. The first-order valence-electron chi connectivity index (χ1n) is 6.42. The van der Waals surface area contributed by atoms with E-state index in [9.17, 15) is 4.39 Å². The summed E-state index contributed by atoms with van der Waals surface area (Å²) in [6.45, 7) is 8.84. The van der Waals surface area contributed by atoms with E-state index >= 15 is 0 Å². The van der Waals surface area contributed by atoms with Crippen LogP contribution in [0.25, 0.3) is 0 Å². The molecule has 0 rings (SSSR count). The molecule has 0 spiro atoms. The molecule has 0 saturated carbocycles. The van der Waals surface area contributed by atoms with E-state index in [0.29, 0.717) is 11.8 Å². The SMILES string of the molecule is COCC(C)CCC(=CC=C(C)CF)C(C)C. The van der Waals surface area contributed by atoms with E-state index < -0.39 is 0 Å². The second-order valence-electron chi connectivity index (χ2n) is 5.14. The molecule has 0 heterocycles. The zero-order valence-corrected chi connectivity index (χ0v) is 11.9. The minimum absolute atomic E-state index is 0.359. The molecule has 0 bridgehead atoms. The zero-order valence-electron chi connectivity index (χ0n) is 11.9. The van der Waals surface area contributed by atoms with E-state index in [2.05, 4.69) is 26.8 Å². The topological polar surface area (TPSA) is 9.23 Å². The van der Waals surface area contributed by atoms with Crippen LogP contribution in [0.4, 0.5) is 4.39 Å². The maximum Gasteiger partial charge on any atom is 0.111 e. The van der Waals surface area contributed by atoms with Gasteiger partial charge in [0.05, 0.1) is 0 Å². The van der Waals surface area contributed by atoms with Gasteiger partial charge in [0, 0.05) is 13.7 Å². The van der Waals surface area contributed by atoms with Crippen molar-refractivity contribution in [1.82, 2.24) is 0 Å². The number of ether oxygens (including phenoxy) is 1. The highest BCUT2D eigenvalue weighted by atomic mass is 19.1. The minimum Gasteiger partial charge on any atom is -0.384 e. The summed E-state index contributed by atoms with van der Waals surface area (Å²) in [7, 11) is 1.74. The Balaban J connectivity index is 4.35. The van der Waals surface area contributed by atoms with Gasteiger partial charge < -0.3 is 4.74 Å². The van der Waals surface area contributed by atoms with Gasteiger partial charge in [0.25, 0.3) is 0 Å². The molecule has 1 nitrogen and oxygen atoms in total. The lowest BCUT2D eigenvalue weighted by Crippen LogP contribution is -2.05. The quantitative estimate of drug-likeness (QED) is 0.567. The van der Waals surface area contributed by atoms with E-state index in [0.717, 1.165) is 25.0 Å². The highest BCUT2D eigenvalue weighted by Crippen LogP contribution is 2.19. The first-order chi connectivity index (χ1) is 8.01. The van der Waals surface area contributed by atoms with Crippen LogP contribution < -0.4 is 0 Å². The predicted molar refractivity (Wildman–Crippen MR) is 72.9 cm³/mol. The van der Waals surface area contributed by atoms with Gasteiger partial charge in [0.1, 0.15) is 6.67 Å². The molecular formula is C15H27FO. The maximum absolute atomic E-state index is 12.3. The van der Waals surface area contributed by atoms with Gasteiger partial charge in [-0.1, -0.05) is 38.5 Å². The third kappa shape index (κ3) is 8.14. The predicted octanol–water partition coefficient (Wildman–Crippen LogP) is 4.55. The van der Waals surface area contributed by atoms with Crippen molar-refractivity contribution in [3.63, 3.8) is 0 Å².